The van der Waals surface area contributed by atoms with E-state index < -0.39 is 0 Å². The Bertz CT molecular complexity index is 402. The molecule has 0 radical (unpaired) electrons. The molecule has 0 saturated heterocycles. The predicted octanol–water partition coefficient (Wildman–Crippen LogP) is 3.10. The van der Waals surface area contributed by atoms with Gasteiger partial charge in [-0.1, -0.05) is 11.6 Å². The van der Waals surface area contributed by atoms with Crippen molar-refractivity contribution in [2.24, 2.45) is 5.92 Å². The number of rotatable bonds is 4. The fourth-order valence-corrected chi connectivity index (χ4v) is 2.27. The molecule has 2 saturated carbocycles. The van der Waals surface area contributed by atoms with E-state index in [1.54, 1.807) is 7.11 Å². The minimum absolute atomic E-state index is 0.0381. The van der Waals surface area contributed by atoms with Gasteiger partial charge in [0.2, 0.25) is 0 Å². The molecule has 2 fully saturated rings. The maximum atomic E-state index is 6.04. The van der Waals surface area contributed by atoms with Crippen LogP contribution in [-0.2, 0) is 4.74 Å². The average Bonchev–Trinajstić information content (AvgIpc) is 3.13. The van der Waals surface area contributed by atoms with Crippen molar-refractivity contribution in [3.63, 3.8) is 0 Å². The van der Waals surface area contributed by atoms with Gasteiger partial charge in [0.15, 0.2) is 5.82 Å². The summed E-state index contributed by atoms with van der Waals surface area (Å²) in [5.41, 5.74) is 1.10. The molecular formula is C12H15ClN2O. The zero-order valence-electron chi connectivity index (χ0n) is 9.32. The summed E-state index contributed by atoms with van der Waals surface area (Å²) >= 11 is 6.04. The first-order valence-electron chi connectivity index (χ1n) is 5.85. The molecule has 0 amide bonds. The Kier molecular flexibility index (Phi) is 2.60. The molecule has 2 aliphatic rings. The van der Waals surface area contributed by atoms with E-state index in [-0.39, 0.29) is 6.10 Å². The van der Waals surface area contributed by atoms with Gasteiger partial charge < -0.3 is 4.74 Å². The molecule has 1 heterocycles. The fourth-order valence-electron chi connectivity index (χ4n) is 2.08. The number of halogens is 1. The maximum Gasteiger partial charge on any atom is 0.159 e. The zero-order chi connectivity index (χ0) is 11.1. The van der Waals surface area contributed by atoms with Gasteiger partial charge in [0, 0.05) is 18.7 Å². The maximum absolute atomic E-state index is 6.04. The van der Waals surface area contributed by atoms with Crippen LogP contribution < -0.4 is 0 Å². The highest BCUT2D eigenvalue weighted by molar-refractivity contribution is 6.29. The Morgan fingerprint density at radius 1 is 1.31 bits per heavy atom. The van der Waals surface area contributed by atoms with Crippen LogP contribution in [-0.4, -0.2) is 17.1 Å². The number of nitrogens with zero attached hydrogens (tertiary/aromatic N) is 2. The number of aromatic nitrogens is 2. The Morgan fingerprint density at radius 3 is 2.62 bits per heavy atom. The Morgan fingerprint density at radius 2 is 2.06 bits per heavy atom. The molecule has 3 rings (SSSR count). The quantitative estimate of drug-likeness (QED) is 0.756. The minimum Gasteiger partial charge on any atom is -0.373 e. The number of hydrogen-bond donors (Lipinski definition) is 0. The van der Waals surface area contributed by atoms with Crippen LogP contribution in [0.4, 0.5) is 0 Å². The second kappa shape index (κ2) is 3.97. The van der Waals surface area contributed by atoms with Crippen molar-refractivity contribution in [2.45, 2.75) is 37.7 Å². The molecule has 0 bridgehead atoms. The molecule has 0 N–H and O–H groups in total. The van der Waals surface area contributed by atoms with E-state index in [1.807, 2.05) is 6.07 Å². The Labute approximate surface area is 100 Å². The van der Waals surface area contributed by atoms with Gasteiger partial charge in [-0.25, -0.2) is 9.97 Å². The van der Waals surface area contributed by atoms with Crippen molar-refractivity contribution >= 4 is 11.6 Å². The summed E-state index contributed by atoms with van der Waals surface area (Å²) in [5.74, 6) is 1.98. The van der Waals surface area contributed by atoms with E-state index in [4.69, 9.17) is 16.3 Å². The van der Waals surface area contributed by atoms with E-state index in [1.165, 1.54) is 25.7 Å². The average molecular weight is 239 g/mol. The van der Waals surface area contributed by atoms with Crippen molar-refractivity contribution in [1.29, 1.82) is 0 Å². The lowest BCUT2D eigenvalue weighted by Gasteiger charge is -2.14. The molecule has 86 valence electrons. The van der Waals surface area contributed by atoms with Gasteiger partial charge >= 0.3 is 0 Å². The minimum atomic E-state index is 0.0381. The second-order valence-electron chi connectivity index (χ2n) is 4.74. The molecule has 0 aliphatic heterocycles. The summed E-state index contributed by atoms with van der Waals surface area (Å²) in [6, 6.07) is 1.89. The van der Waals surface area contributed by atoms with Gasteiger partial charge in [-0.05, 0) is 37.7 Å². The highest BCUT2D eigenvalue weighted by Gasteiger charge is 2.35. The Hall–Kier alpha value is -0.670. The van der Waals surface area contributed by atoms with Gasteiger partial charge in [0.25, 0.3) is 0 Å². The number of methoxy groups -OCH3 is 1. The molecule has 1 unspecified atom stereocenters. The van der Waals surface area contributed by atoms with Gasteiger partial charge in [-0.3, -0.25) is 0 Å². The van der Waals surface area contributed by atoms with Crippen LogP contribution in [0.5, 0.6) is 0 Å². The fraction of sp³-hybridized carbons (Fsp3) is 0.667. The topological polar surface area (TPSA) is 35.0 Å². The first-order chi connectivity index (χ1) is 7.78. The second-order valence-corrected chi connectivity index (χ2v) is 5.13. The summed E-state index contributed by atoms with van der Waals surface area (Å²) in [5, 5.41) is 0.551. The van der Waals surface area contributed by atoms with Gasteiger partial charge in [0.1, 0.15) is 11.3 Å². The third-order valence-corrected chi connectivity index (χ3v) is 3.48. The molecule has 1 aromatic rings. The van der Waals surface area contributed by atoms with E-state index in [0.29, 0.717) is 17.0 Å². The van der Waals surface area contributed by atoms with E-state index in [9.17, 15) is 0 Å². The van der Waals surface area contributed by atoms with Crippen LogP contribution in [0.1, 0.15) is 49.2 Å². The first-order valence-corrected chi connectivity index (χ1v) is 6.23. The largest absolute Gasteiger partial charge is 0.373 e. The van der Waals surface area contributed by atoms with Crippen LogP contribution in [0.3, 0.4) is 0 Å². The van der Waals surface area contributed by atoms with E-state index >= 15 is 0 Å². The number of ether oxygens (including phenoxy) is 1. The van der Waals surface area contributed by atoms with Crippen molar-refractivity contribution in [2.75, 3.05) is 7.11 Å². The zero-order valence-corrected chi connectivity index (χ0v) is 10.1. The molecule has 1 aromatic heterocycles. The van der Waals surface area contributed by atoms with E-state index in [2.05, 4.69) is 9.97 Å². The lowest BCUT2D eigenvalue weighted by atomic mass is 10.2. The van der Waals surface area contributed by atoms with Gasteiger partial charge in [0.05, 0.1) is 0 Å². The monoisotopic (exact) mass is 238 g/mol. The highest BCUT2D eigenvalue weighted by Crippen LogP contribution is 2.44. The summed E-state index contributed by atoms with van der Waals surface area (Å²) < 4.78 is 5.49. The molecule has 1 atom stereocenters. The summed E-state index contributed by atoms with van der Waals surface area (Å²) in [6.07, 6.45) is 4.93. The summed E-state index contributed by atoms with van der Waals surface area (Å²) in [7, 11) is 1.73. The molecule has 0 spiro atoms. The third-order valence-electron chi connectivity index (χ3n) is 3.29. The van der Waals surface area contributed by atoms with Gasteiger partial charge in [-0.15, -0.1) is 0 Å². The normalized spacial score (nSPS) is 22.1. The van der Waals surface area contributed by atoms with Crippen molar-refractivity contribution in [1.82, 2.24) is 9.97 Å². The van der Waals surface area contributed by atoms with Crippen LogP contribution in [0, 0.1) is 5.92 Å². The standard InChI is InChI=1S/C12H15ClN2O/c1-16-11(8-4-5-8)12-14-9(7-2-3-7)6-10(13)15-12/h6-8,11H,2-5H2,1H3. The van der Waals surface area contributed by atoms with Crippen molar-refractivity contribution < 1.29 is 4.74 Å². The first kappa shape index (κ1) is 10.5. The molecule has 0 aromatic carbocycles. The SMILES string of the molecule is COC(c1nc(Cl)cc(C2CC2)n1)C1CC1. The molecule has 16 heavy (non-hydrogen) atoms. The van der Waals surface area contributed by atoms with Crippen LogP contribution in [0.2, 0.25) is 5.15 Å². The lowest BCUT2D eigenvalue weighted by Crippen LogP contribution is -2.10. The summed E-state index contributed by atoms with van der Waals surface area (Å²) in [6.45, 7) is 0. The predicted molar refractivity (Wildman–Crippen MR) is 61.5 cm³/mol. The number of hydrogen-bond acceptors (Lipinski definition) is 3. The molecule has 3 nitrogen and oxygen atoms in total. The molecule has 4 heteroatoms. The van der Waals surface area contributed by atoms with Crippen molar-refractivity contribution in [3.8, 4) is 0 Å². The molecular weight excluding hydrogens is 224 g/mol. The van der Waals surface area contributed by atoms with Crippen LogP contribution in [0.25, 0.3) is 0 Å². The lowest BCUT2D eigenvalue weighted by molar-refractivity contribution is 0.0770. The highest BCUT2D eigenvalue weighted by atomic mass is 35.5. The van der Waals surface area contributed by atoms with Crippen LogP contribution in [0.15, 0.2) is 6.07 Å². The van der Waals surface area contributed by atoms with Gasteiger partial charge in [-0.2, -0.15) is 0 Å². The molecule has 2 aliphatic carbocycles. The Balaban J connectivity index is 1.91. The van der Waals surface area contributed by atoms with Crippen LogP contribution >= 0.6 is 11.6 Å². The summed E-state index contributed by atoms with van der Waals surface area (Å²) in [4.78, 5) is 8.91. The smallest absolute Gasteiger partial charge is 0.159 e. The van der Waals surface area contributed by atoms with Crippen molar-refractivity contribution in [3.05, 3.63) is 22.7 Å². The third kappa shape index (κ3) is 2.06. The van der Waals surface area contributed by atoms with E-state index in [0.717, 1.165) is 11.5 Å².